The van der Waals surface area contributed by atoms with Gasteiger partial charge in [0.25, 0.3) is 0 Å². The standard InChI is InChI=1S/C18H22ClNO/c1-5-16(14-7-6-8-15(19)11-14)20-17-10-9-12(2)18(21-4)13(17)3/h6-11,16,20H,5H2,1-4H3. The van der Waals surface area contributed by atoms with E-state index in [0.29, 0.717) is 0 Å². The number of methoxy groups -OCH3 is 1. The minimum Gasteiger partial charge on any atom is -0.496 e. The third-order valence-electron chi connectivity index (χ3n) is 3.80. The predicted molar refractivity (Wildman–Crippen MR) is 90.6 cm³/mol. The van der Waals surface area contributed by atoms with Crippen LogP contribution < -0.4 is 10.1 Å². The number of nitrogens with one attached hydrogen (secondary N) is 1. The second-order valence-corrected chi connectivity index (χ2v) is 5.68. The van der Waals surface area contributed by atoms with Crippen LogP contribution in [-0.4, -0.2) is 7.11 Å². The zero-order valence-electron chi connectivity index (χ0n) is 13.0. The maximum Gasteiger partial charge on any atom is 0.126 e. The van der Waals surface area contributed by atoms with Crippen LogP contribution in [0.4, 0.5) is 5.69 Å². The van der Waals surface area contributed by atoms with Gasteiger partial charge < -0.3 is 10.1 Å². The number of halogens is 1. The van der Waals surface area contributed by atoms with Crippen LogP contribution >= 0.6 is 11.6 Å². The van der Waals surface area contributed by atoms with Gasteiger partial charge in [0.2, 0.25) is 0 Å². The summed E-state index contributed by atoms with van der Waals surface area (Å²) in [5, 5.41) is 4.37. The quantitative estimate of drug-likeness (QED) is 0.784. The van der Waals surface area contributed by atoms with Gasteiger partial charge in [-0.3, -0.25) is 0 Å². The van der Waals surface area contributed by atoms with Gasteiger partial charge >= 0.3 is 0 Å². The van der Waals surface area contributed by atoms with Gasteiger partial charge in [0.05, 0.1) is 13.2 Å². The Balaban J connectivity index is 2.31. The van der Waals surface area contributed by atoms with Crippen molar-refractivity contribution >= 4 is 17.3 Å². The van der Waals surface area contributed by atoms with E-state index < -0.39 is 0 Å². The molecule has 0 radical (unpaired) electrons. The molecule has 2 nitrogen and oxygen atoms in total. The number of ether oxygens (including phenoxy) is 1. The molecule has 0 fully saturated rings. The highest BCUT2D eigenvalue weighted by molar-refractivity contribution is 6.30. The molecule has 0 saturated heterocycles. The Labute approximate surface area is 132 Å². The van der Waals surface area contributed by atoms with Gasteiger partial charge in [0, 0.05) is 16.3 Å². The summed E-state index contributed by atoms with van der Waals surface area (Å²) in [4.78, 5) is 0. The van der Waals surface area contributed by atoms with Gasteiger partial charge in [-0.1, -0.05) is 36.7 Å². The molecule has 0 saturated carbocycles. The van der Waals surface area contributed by atoms with Crippen LogP contribution in [0.1, 0.15) is 36.1 Å². The monoisotopic (exact) mass is 303 g/mol. The van der Waals surface area contributed by atoms with E-state index in [4.69, 9.17) is 16.3 Å². The highest BCUT2D eigenvalue weighted by Crippen LogP contribution is 2.32. The molecular formula is C18H22ClNO. The van der Waals surface area contributed by atoms with Crippen LogP contribution in [-0.2, 0) is 0 Å². The SMILES string of the molecule is CCC(Nc1ccc(C)c(OC)c1C)c1cccc(Cl)c1. The fourth-order valence-electron chi connectivity index (χ4n) is 2.63. The summed E-state index contributed by atoms with van der Waals surface area (Å²) in [5.41, 5.74) is 4.59. The largest absolute Gasteiger partial charge is 0.496 e. The number of anilines is 1. The zero-order valence-corrected chi connectivity index (χ0v) is 13.8. The van der Waals surface area contributed by atoms with E-state index in [9.17, 15) is 0 Å². The molecule has 112 valence electrons. The van der Waals surface area contributed by atoms with Crippen molar-refractivity contribution in [2.45, 2.75) is 33.2 Å². The lowest BCUT2D eigenvalue weighted by Gasteiger charge is -2.22. The highest BCUT2D eigenvalue weighted by atomic mass is 35.5. The highest BCUT2D eigenvalue weighted by Gasteiger charge is 2.13. The van der Waals surface area contributed by atoms with Crippen molar-refractivity contribution in [2.75, 3.05) is 12.4 Å². The minimum atomic E-state index is 0.231. The molecule has 0 aliphatic rings. The lowest BCUT2D eigenvalue weighted by molar-refractivity contribution is 0.409. The van der Waals surface area contributed by atoms with E-state index in [1.54, 1.807) is 7.11 Å². The molecule has 2 aromatic rings. The third kappa shape index (κ3) is 3.51. The molecular weight excluding hydrogens is 282 g/mol. The molecule has 1 unspecified atom stereocenters. The Morgan fingerprint density at radius 1 is 1.19 bits per heavy atom. The summed E-state index contributed by atoms with van der Waals surface area (Å²) in [6, 6.07) is 12.4. The maximum absolute atomic E-state index is 6.10. The summed E-state index contributed by atoms with van der Waals surface area (Å²) in [6.45, 7) is 6.31. The van der Waals surface area contributed by atoms with Crippen LogP contribution in [0.2, 0.25) is 5.02 Å². The summed E-state index contributed by atoms with van der Waals surface area (Å²) in [6.07, 6.45) is 0.982. The summed E-state index contributed by atoms with van der Waals surface area (Å²) in [5.74, 6) is 0.945. The van der Waals surface area contributed by atoms with Crippen LogP contribution in [0.25, 0.3) is 0 Å². The van der Waals surface area contributed by atoms with Crippen molar-refractivity contribution in [3.05, 3.63) is 58.1 Å². The Hall–Kier alpha value is -1.67. The number of hydrogen-bond acceptors (Lipinski definition) is 2. The number of hydrogen-bond donors (Lipinski definition) is 1. The molecule has 2 rings (SSSR count). The van der Waals surface area contributed by atoms with Gasteiger partial charge in [-0.25, -0.2) is 0 Å². The van der Waals surface area contributed by atoms with Crippen molar-refractivity contribution in [3.63, 3.8) is 0 Å². The van der Waals surface area contributed by atoms with Crippen LogP contribution in [0.5, 0.6) is 5.75 Å². The van der Waals surface area contributed by atoms with Crippen molar-refractivity contribution in [2.24, 2.45) is 0 Å². The second-order valence-electron chi connectivity index (χ2n) is 5.25. The van der Waals surface area contributed by atoms with Crippen molar-refractivity contribution < 1.29 is 4.74 Å². The van der Waals surface area contributed by atoms with Gasteiger partial charge in [0.1, 0.15) is 5.75 Å². The van der Waals surface area contributed by atoms with Crippen molar-refractivity contribution in [3.8, 4) is 5.75 Å². The molecule has 0 aliphatic carbocycles. The molecule has 0 aromatic heterocycles. The topological polar surface area (TPSA) is 21.3 Å². The van der Waals surface area contributed by atoms with Crippen LogP contribution in [0.3, 0.4) is 0 Å². The van der Waals surface area contributed by atoms with Crippen molar-refractivity contribution in [1.82, 2.24) is 0 Å². The van der Waals surface area contributed by atoms with Gasteiger partial charge in [-0.2, -0.15) is 0 Å². The molecule has 0 bridgehead atoms. The van der Waals surface area contributed by atoms with Crippen molar-refractivity contribution in [1.29, 1.82) is 0 Å². The molecule has 3 heteroatoms. The first-order valence-corrected chi connectivity index (χ1v) is 7.60. The minimum absolute atomic E-state index is 0.231. The summed E-state index contributed by atoms with van der Waals surface area (Å²) >= 11 is 6.10. The fraction of sp³-hybridized carbons (Fsp3) is 0.333. The Bertz CT molecular complexity index is 625. The van der Waals surface area contributed by atoms with E-state index in [-0.39, 0.29) is 6.04 Å². The summed E-state index contributed by atoms with van der Waals surface area (Å²) in [7, 11) is 1.72. The van der Waals surface area contributed by atoms with E-state index in [0.717, 1.165) is 34.0 Å². The van der Waals surface area contributed by atoms with Gasteiger partial charge in [-0.05, 0) is 49.6 Å². The lowest BCUT2D eigenvalue weighted by Crippen LogP contribution is -2.11. The average molecular weight is 304 g/mol. The van der Waals surface area contributed by atoms with Gasteiger partial charge in [0.15, 0.2) is 0 Å². The van der Waals surface area contributed by atoms with Gasteiger partial charge in [-0.15, -0.1) is 0 Å². The first kappa shape index (κ1) is 15.7. The molecule has 0 heterocycles. The van der Waals surface area contributed by atoms with E-state index >= 15 is 0 Å². The molecule has 2 aromatic carbocycles. The van der Waals surface area contributed by atoms with Crippen LogP contribution in [0, 0.1) is 13.8 Å². The molecule has 0 spiro atoms. The predicted octanol–water partition coefficient (Wildman–Crippen LogP) is 5.53. The normalized spacial score (nSPS) is 12.0. The van der Waals surface area contributed by atoms with E-state index in [1.165, 1.54) is 5.56 Å². The van der Waals surface area contributed by atoms with E-state index in [1.807, 2.05) is 18.2 Å². The smallest absolute Gasteiger partial charge is 0.126 e. The first-order valence-electron chi connectivity index (χ1n) is 7.23. The van der Waals surface area contributed by atoms with E-state index in [2.05, 4.69) is 44.3 Å². The fourth-order valence-corrected chi connectivity index (χ4v) is 2.83. The molecule has 0 aliphatic heterocycles. The Kier molecular flexibility index (Phi) is 5.13. The first-order chi connectivity index (χ1) is 10.1. The second kappa shape index (κ2) is 6.86. The zero-order chi connectivity index (χ0) is 15.4. The average Bonchev–Trinajstić information content (AvgIpc) is 2.47. The Morgan fingerprint density at radius 3 is 2.57 bits per heavy atom. The maximum atomic E-state index is 6.10. The lowest BCUT2D eigenvalue weighted by atomic mass is 10.0. The molecule has 1 atom stereocenters. The number of aryl methyl sites for hydroxylation is 1. The van der Waals surface area contributed by atoms with Crippen LogP contribution in [0.15, 0.2) is 36.4 Å². The molecule has 1 N–H and O–H groups in total. The number of rotatable bonds is 5. The molecule has 0 amide bonds. The third-order valence-corrected chi connectivity index (χ3v) is 4.03. The Morgan fingerprint density at radius 2 is 1.95 bits per heavy atom. The molecule has 21 heavy (non-hydrogen) atoms. The summed E-state index contributed by atoms with van der Waals surface area (Å²) < 4.78 is 5.50. The number of benzene rings is 2.